The van der Waals surface area contributed by atoms with Crippen molar-refractivity contribution in [3.8, 4) is 0 Å². The predicted molar refractivity (Wildman–Crippen MR) is 104 cm³/mol. The molecule has 142 valence electrons. The zero-order chi connectivity index (χ0) is 20.0. The first-order valence-corrected chi connectivity index (χ1v) is 9.01. The highest BCUT2D eigenvalue weighted by molar-refractivity contribution is 6.15. The van der Waals surface area contributed by atoms with Gasteiger partial charge in [-0.15, -0.1) is 0 Å². The van der Waals surface area contributed by atoms with Crippen LogP contribution < -0.4 is 5.32 Å². The lowest BCUT2D eigenvalue weighted by molar-refractivity contribution is -0.124. The average molecular weight is 367 g/mol. The maximum atomic E-state index is 13.0. The van der Waals surface area contributed by atoms with Crippen LogP contribution in [0.4, 0.5) is 0 Å². The molecule has 0 fully saturated rings. The summed E-state index contributed by atoms with van der Waals surface area (Å²) in [5.74, 6) is -1.30. The van der Waals surface area contributed by atoms with Crippen molar-refractivity contribution in [2.24, 2.45) is 0 Å². The van der Waals surface area contributed by atoms with Gasteiger partial charge >= 0.3 is 5.97 Å². The smallest absolute Gasteiger partial charge is 0.339 e. The SMILES string of the molecule is CCC(C)NC(=O)COC(=O)c1ccccc1C(=O)c1cc(C)ccc1C. The van der Waals surface area contributed by atoms with Crippen molar-refractivity contribution in [2.45, 2.75) is 40.2 Å². The van der Waals surface area contributed by atoms with Crippen molar-refractivity contribution < 1.29 is 19.1 Å². The third kappa shape index (κ3) is 5.26. The van der Waals surface area contributed by atoms with Gasteiger partial charge in [0, 0.05) is 17.2 Å². The minimum Gasteiger partial charge on any atom is -0.452 e. The first-order chi connectivity index (χ1) is 12.8. The summed E-state index contributed by atoms with van der Waals surface area (Å²) >= 11 is 0. The van der Waals surface area contributed by atoms with Gasteiger partial charge in [-0.3, -0.25) is 9.59 Å². The quantitative estimate of drug-likeness (QED) is 0.599. The molecule has 1 N–H and O–H groups in total. The van der Waals surface area contributed by atoms with E-state index >= 15 is 0 Å². The normalized spacial score (nSPS) is 11.6. The van der Waals surface area contributed by atoms with E-state index in [2.05, 4.69) is 5.32 Å². The van der Waals surface area contributed by atoms with Crippen LogP contribution in [-0.4, -0.2) is 30.3 Å². The fourth-order valence-corrected chi connectivity index (χ4v) is 2.61. The van der Waals surface area contributed by atoms with Crippen LogP contribution in [-0.2, 0) is 9.53 Å². The van der Waals surface area contributed by atoms with Gasteiger partial charge in [-0.05, 0) is 44.9 Å². The van der Waals surface area contributed by atoms with Gasteiger partial charge in [0.1, 0.15) is 0 Å². The Balaban J connectivity index is 2.20. The van der Waals surface area contributed by atoms with Crippen molar-refractivity contribution in [1.29, 1.82) is 0 Å². The number of esters is 1. The molecule has 0 radical (unpaired) electrons. The Morgan fingerprint density at radius 1 is 1.00 bits per heavy atom. The van der Waals surface area contributed by atoms with Crippen LogP contribution >= 0.6 is 0 Å². The van der Waals surface area contributed by atoms with E-state index in [1.54, 1.807) is 24.3 Å². The molecule has 0 aliphatic heterocycles. The molecule has 27 heavy (non-hydrogen) atoms. The van der Waals surface area contributed by atoms with E-state index in [9.17, 15) is 14.4 Å². The Kier molecular flexibility index (Phi) is 6.88. The molecule has 2 aromatic carbocycles. The summed E-state index contributed by atoms with van der Waals surface area (Å²) in [4.78, 5) is 37.3. The van der Waals surface area contributed by atoms with Gasteiger partial charge in [0.15, 0.2) is 12.4 Å². The Morgan fingerprint density at radius 2 is 1.67 bits per heavy atom. The molecule has 0 saturated heterocycles. The zero-order valence-electron chi connectivity index (χ0n) is 16.2. The van der Waals surface area contributed by atoms with Gasteiger partial charge in [-0.2, -0.15) is 0 Å². The summed E-state index contributed by atoms with van der Waals surface area (Å²) in [6.07, 6.45) is 0.785. The van der Waals surface area contributed by atoms with Crippen molar-refractivity contribution in [3.63, 3.8) is 0 Å². The second-order valence-corrected chi connectivity index (χ2v) is 6.65. The molecule has 2 aromatic rings. The number of amides is 1. The number of hydrogen-bond acceptors (Lipinski definition) is 4. The number of ketones is 1. The number of carbonyl (C=O) groups excluding carboxylic acids is 3. The molecule has 5 nitrogen and oxygen atoms in total. The predicted octanol–water partition coefficient (Wildman–Crippen LogP) is 3.61. The second kappa shape index (κ2) is 9.12. The van der Waals surface area contributed by atoms with Gasteiger partial charge in [0.05, 0.1) is 5.56 Å². The molecule has 0 spiro atoms. The Morgan fingerprint density at radius 3 is 2.33 bits per heavy atom. The van der Waals surface area contributed by atoms with Crippen LogP contribution in [0.3, 0.4) is 0 Å². The highest BCUT2D eigenvalue weighted by Gasteiger charge is 2.21. The summed E-state index contributed by atoms with van der Waals surface area (Å²) in [5, 5.41) is 2.73. The molecule has 2 rings (SSSR count). The third-order valence-corrected chi connectivity index (χ3v) is 4.38. The van der Waals surface area contributed by atoms with Crippen LogP contribution in [0.5, 0.6) is 0 Å². The van der Waals surface area contributed by atoms with E-state index in [1.807, 2.05) is 39.8 Å². The monoisotopic (exact) mass is 367 g/mol. The molecule has 0 bridgehead atoms. The van der Waals surface area contributed by atoms with Gasteiger partial charge < -0.3 is 10.1 Å². The highest BCUT2D eigenvalue weighted by atomic mass is 16.5. The molecule has 1 amide bonds. The van der Waals surface area contributed by atoms with Crippen molar-refractivity contribution in [3.05, 3.63) is 70.3 Å². The minimum absolute atomic E-state index is 0.00867. The molecule has 0 saturated carbocycles. The maximum Gasteiger partial charge on any atom is 0.339 e. The lowest BCUT2D eigenvalue weighted by Crippen LogP contribution is -2.35. The zero-order valence-corrected chi connectivity index (χ0v) is 16.2. The number of nitrogens with one attached hydrogen (secondary N) is 1. The molecule has 1 unspecified atom stereocenters. The fourth-order valence-electron chi connectivity index (χ4n) is 2.61. The van der Waals surface area contributed by atoms with Crippen molar-refractivity contribution in [1.82, 2.24) is 5.32 Å². The Labute approximate surface area is 159 Å². The van der Waals surface area contributed by atoms with E-state index in [-0.39, 0.29) is 35.5 Å². The number of rotatable bonds is 7. The van der Waals surface area contributed by atoms with E-state index in [1.165, 1.54) is 6.07 Å². The maximum absolute atomic E-state index is 13.0. The summed E-state index contributed by atoms with van der Waals surface area (Å²) in [6, 6.07) is 12.1. The summed E-state index contributed by atoms with van der Waals surface area (Å²) in [7, 11) is 0. The Hall–Kier alpha value is -2.95. The third-order valence-electron chi connectivity index (χ3n) is 4.38. The van der Waals surface area contributed by atoms with Gasteiger partial charge in [0.25, 0.3) is 5.91 Å². The average Bonchev–Trinajstić information content (AvgIpc) is 2.67. The first kappa shape index (κ1) is 20.4. The summed E-state index contributed by atoms with van der Waals surface area (Å²) in [5.41, 5.74) is 2.76. The van der Waals surface area contributed by atoms with E-state index < -0.39 is 5.97 Å². The summed E-state index contributed by atoms with van der Waals surface area (Å²) in [6.45, 7) is 7.21. The van der Waals surface area contributed by atoms with Crippen LogP contribution in [0.2, 0.25) is 0 Å². The number of aryl methyl sites for hydroxylation is 2. The fraction of sp³-hybridized carbons (Fsp3) is 0.318. The molecule has 0 aliphatic carbocycles. The standard InChI is InChI=1S/C22H25NO4/c1-5-16(4)23-20(24)13-27-22(26)18-9-7-6-8-17(18)21(25)19-12-14(2)10-11-15(19)3/h6-12,16H,5,13H2,1-4H3,(H,23,24). The van der Waals surface area contributed by atoms with Crippen LogP contribution in [0, 0.1) is 13.8 Å². The van der Waals surface area contributed by atoms with Crippen molar-refractivity contribution in [2.75, 3.05) is 6.61 Å². The van der Waals surface area contributed by atoms with Gasteiger partial charge in [0.2, 0.25) is 0 Å². The largest absolute Gasteiger partial charge is 0.452 e. The topological polar surface area (TPSA) is 72.5 Å². The number of hydrogen-bond donors (Lipinski definition) is 1. The second-order valence-electron chi connectivity index (χ2n) is 6.65. The van der Waals surface area contributed by atoms with E-state index in [4.69, 9.17) is 4.74 Å². The summed E-state index contributed by atoms with van der Waals surface area (Å²) < 4.78 is 5.11. The molecule has 0 heterocycles. The molecular formula is C22H25NO4. The van der Waals surface area contributed by atoms with Crippen molar-refractivity contribution >= 4 is 17.7 Å². The molecule has 0 aliphatic rings. The first-order valence-electron chi connectivity index (χ1n) is 9.01. The van der Waals surface area contributed by atoms with Crippen LogP contribution in [0.1, 0.15) is 57.7 Å². The number of ether oxygens (including phenoxy) is 1. The van der Waals surface area contributed by atoms with Crippen LogP contribution in [0.25, 0.3) is 0 Å². The van der Waals surface area contributed by atoms with Gasteiger partial charge in [-0.25, -0.2) is 4.79 Å². The number of carbonyl (C=O) groups is 3. The minimum atomic E-state index is -0.691. The lowest BCUT2D eigenvalue weighted by Gasteiger charge is -2.13. The van der Waals surface area contributed by atoms with Crippen LogP contribution in [0.15, 0.2) is 42.5 Å². The Bertz CT molecular complexity index is 857. The highest BCUT2D eigenvalue weighted by Crippen LogP contribution is 2.19. The van der Waals surface area contributed by atoms with Gasteiger partial charge in [-0.1, -0.05) is 42.8 Å². The van der Waals surface area contributed by atoms with E-state index in [0.717, 1.165) is 17.5 Å². The molecule has 0 aromatic heterocycles. The van der Waals surface area contributed by atoms with E-state index in [0.29, 0.717) is 5.56 Å². The molecular weight excluding hydrogens is 342 g/mol. The molecule has 5 heteroatoms. The number of benzene rings is 2. The molecule has 1 atom stereocenters. The lowest BCUT2D eigenvalue weighted by atomic mass is 9.94.